The third-order valence-corrected chi connectivity index (χ3v) is 3.12. The fraction of sp³-hybridized carbons (Fsp3) is 0.667. The van der Waals surface area contributed by atoms with Crippen molar-refractivity contribution in [3.05, 3.63) is 16.1 Å². The van der Waals surface area contributed by atoms with Gasteiger partial charge in [0.05, 0.1) is 11.2 Å². The van der Waals surface area contributed by atoms with Crippen molar-refractivity contribution in [2.45, 2.75) is 26.3 Å². The molecule has 3 nitrogen and oxygen atoms in total. The van der Waals surface area contributed by atoms with E-state index in [0.717, 1.165) is 25.2 Å². The number of nitrogens with two attached hydrogens (primary N) is 1. The summed E-state index contributed by atoms with van der Waals surface area (Å²) < 4.78 is 0. The Bertz CT molecular complexity index is 247. The number of rotatable bonds is 5. The van der Waals surface area contributed by atoms with Crippen LogP contribution in [0.2, 0.25) is 0 Å². The standard InChI is InChI=1S/C9H17N3S/c1-7(11-5-3-4-10)9-8(2)12-6-13-9/h6-7,11H,3-5,10H2,1-2H3. The Morgan fingerprint density at radius 2 is 2.46 bits per heavy atom. The highest BCUT2D eigenvalue weighted by atomic mass is 32.1. The van der Waals surface area contributed by atoms with Gasteiger partial charge in [0.15, 0.2) is 0 Å². The highest BCUT2D eigenvalue weighted by molar-refractivity contribution is 7.09. The molecule has 0 aromatic carbocycles. The molecule has 3 N–H and O–H groups in total. The normalized spacial score (nSPS) is 13.2. The van der Waals surface area contributed by atoms with Gasteiger partial charge in [0, 0.05) is 10.9 Å². The molecule has 0 radical (unpaired) electrons. The van der Waals surface area contributed by atoms with Gasteiger partial charge in [0.25, 0.3) is 0 Å². The van der Waals surface area contributed by atoms with E-state index in [9.17, 15) is 0 Å². The molecule has 0 spiro atoms. The van der Waals surface area contributed by atoms with E-state index in [4.69, 9.17) is 5.73 Å². The van der Waals surface area contributed by atoms with Gasteiger partial charge < -0.3 is 11.1 Å². The Hall–Kier alpha value is -0.450. The molecule has 0 aliphatic carbocycles. The third-order valence-electron chi connectivity index (χ3n) is 2.01. The van der Waals surface area contributed by atoms with Gasteiger partial charge in [0.1, 0.15) is 0 Å². The Kier molecular flexibility index (Phi) is 4.35. The molecule has 0 aliphatic rings. The van der Waals surface area contributed by atoms with Crippen LogP contribution in [0, 0.1) is 6.92 Å². The van der Waals surface area contributed by atoms with Crippen molar-refractivity contribution in [2.24, 2.45) is 5.73 Å². The van der Waals surface area contributed by atoms with E-state index >= 15 is 0 Å². The Morgan fingerprint density at radius 1 is 1.69 bits per heavy atom. The molecule has 1 heterocycles. The Morgan fingerprint density at radius 3 is 3.00 bits per heavy atom. The summed E-state index contributed by atoms with van der Waals surface area (Å²) in [6, 6.07) is 0.402. The fourth-order valence-electron chi connectivity index (χ4n) is 1.24. The molecule has 1 atom stereocenters. The van der Waals surface area contributed by atoms with Crippen molar-refractivity contribution in [3.63, 3.8) is 0 Å². The van der Waals surface area contributed by atoms with Gasteiger partial charge in [-0.25, -0.2) is 4.98 Å². The molecule has 74 valence electrons. The molecule has 4 heteroatoms. The van der Waals surface area contributed by atoms with Crippen LogP contribution in [-0.4, -0.2) is 18.1 Å². The number of nitrogens with zero attached hydrogens (tertiary/aromatic N) is 1. The maximum absolute atomic E-state index is 5.41. The predicted molar refractivity (Wildman–Crippen MR) is 56.9 cm³/mol. The van der Waals surface area contributed by atoms with Gasteiger partial charge in [-0.2, -0.15) is 0 Å². The highest BCUT2D eigenvalue weighted by Gasteiger charge is 2.09. The zero-order valence-corrected chi connectivity index (χ0v) is 9.03. The summed E-state index contributed by atoms with van der Waals surface area (Å²) in [4.78, 5) is 5.55. The van der Waals surface area contributed by atoms with Crippen LogP contribution in [0.3, 0.4) is 0 Å². The van der Waals surface area contributed by atoms with Crippen LogP contribution in [0.1, 0.15) is 30.0 Å². The molecule has 1 aromatic heterocycles. The molecule has 1 aromatic rings. The summed E-state index contributed by atoms with van der Waals surface area (Å²) in [6.07, 6.45) is 1.03. The van der Waals surface area contributed by atoms with Crippen LogP contribution >= 0.6 is 11.3 Å². The van der Waals surface area contributed by atoms with E-state index in [0.29, 0.717) is 6.04 Å². The molecule has 0 aliphatic heterocycles. The second-order valence-corrected chi connectivity index (χ2v) is 4.01. The first-order chi connectivity index (χ1) is 6.25. The van der Waals surface area contributed by atoms with E-state index in [2.05, 4.69) is 17.2 Å². The summed E-state index contributed by atoms with van der Waals surface area (Å²) in [5.74, 6) is 0. The predicted octanol–water partition coefficient (Wildman–Crippen LogP) is 1.45. The molecule has 0 saturated carbocycles. The molecule has 1 rings (SSSR count). The van der Waals surface area contributed by atoms with Gasteiger partial charge in [-0.15, -0.1) is 11.3 Å². The second-order valence-electron chi connectivity index (χ2n) is 3.12. The van der Waals surface area contributed by atoms with Crippen molar-refractivity contribution >= 4 is 11.3 Å². The first-order valence-corrected chi connectivity index (χ1v) is 5.47. The minimum absolute atomic E-state index is 0.402. The number of aryl methyl sites for hydroxylation is 1. The van der Waals surface area contributed by atoms with Crippen LogP contribution < -0.4 is 11.1 Å². The van der Waals surface area contributed by atoms with Crippen molar-refractivity contribution in [3.8, 4) is 0 Å². The molecule has 13 heavy (non-hydrogen) atoms. The zero-order chi connectivity index (χ0) is 9.68. The van der Waals surface area contributed by atoms with Gasteiger partial charge in [0.2, 0.25) is 0 Å². The molecule has 0 amide bonds. The summed E-state index contributed by atoms with van der Waals surface area (Å²) in [5, 5.41) is 3.42. The molecule has 0 bridgehead atoms. The number of nitrogens with one attached hydrogen (secondary N) is 1. The number of hydrogen-bond acceptors (Lipinski definition) is 4. The van der Waals surface area contributed by atoms with E-state index in [1.54, 1.807) is 11.3 Å². The van der Waals surface area contributed by atoms with Crippen LogP contribution in [0.25, 0.3) is 0 Å². The summed E-state index contributed by atoms with van der Waals surface area (Å²) in [7, 11) is 0. The Labute approximate surface area is 83.4 Å². The summed E-state index contributed by atoms with van der Waals surface area (Å²) in [5.41, 5.74) is 8.45. The highest BCUT2D eigenvalue weighted by Crippen LogP contribution is 2.20. The first kappa shape index (κ1) is 10.6. The average molecular weight is 199 g/mol. The molecule has 1 unspecified atom stereocenters. The monoisotopic (exact) mass is 199 g/mol. The Balaban J connectivity index is 2.39. The van der Waals surface area contributed by atoms with E-state index in [-0.39, 0.29) is 0 Å². The molecule has 0 saturated heterocycles. The first-order valence-electron chi connectivity index (χ1n) is 4.59. The van der Waals surface area contributed by atoms with E-state index < -0.39 is 0 Å². The lowest BCUT2D eigenvalue weighted by Gasteiger charge is -2.11. The topological polar surface area (TPSA) is 50.9 Å². The van der Waals surface area contributed by atoms with E-state index in [1.807, 2.05) is 12.4 Å². The quantitative estimate of drug-likeness (QED) is 0.706. The number of aromatic nitrogens is 1. The lowest BCUT2D eigenvalue weighted by Crippen LogP contribution is -2.21. The average Bonchev–Trinajstić information content (AvgIpc) is 2.52. The van der Waals surface area contributed by atoms with Crippen LogP contribution in [0.15, 0.2) is 5.51 Å². The molecular weight excluding hydrogens is 182 g/mol. The van der Waals surface area contributed by atoms with Gasteiger partial charge in [-0.3, -0.25) is 0 Å². The van der Waals surface area contributed by atoms with Gasteiger partial charge in [-0.1, -0.05) is 0 Å². The van der Waals surface area contributed by atoms with Crippen molar-refractivity contribution < 1.29 is 0 Å². The van der Waals surface area contributed by atoms with Crippen molar-refractivity contribution in [2.75, 3.05) is 13.1 Å². The van der Waals surface area contributed by atoms with Crippen molar-refractivity contribution in [1.29, 1.82) is 0 Å². The number of thiazole rings is 1. The van der Waals surface area contributed by atoms with Crippen LogP contribution in [-0.2, 0) is 0 Å². The van der Waals surface area contributed by atoms with E-state index in [1.165, 1.54) is 4.88 Å². The maximum atomic E-state index is 5.41. The van der Waals surface area contributed by atoms with Crippen molar-refractivity contribution in [1.82, 2.24) is 10.3 Å². The minimum Gasteiger partial charge on any atom is -0.330 e. The molecule has 0 fully saturated rings. The van der Waals surface area contributed by atoms with Crippen LogP contribution in [0.5, 0.6) is 0 Å². The fourth-order valence-corrected chi connectivity index (χ4v) is 2.07. The smallest absolute Gasteiger partial charge is 0.0798 e. The lowest BCUT2D eigenvalue weighted by atomic mass is 10.2. The minimum atomic E-state index is 0.402. The summed E-state index contributed by atoms with van der Waals surface area (Å²) in [6.45, 7) is 5.94. The molecular formula is C9H17N3S. The SMILES string of the molecule is Cc1ncsc1C(C)NCCCN. The second kappa shape index (κ2) is 5.32. The zero-order valence-electron chi connectivity index (χ0n) is 8.21. The third kappa shape index (κ3) is 3.06. The maximum Gasteiger partial charge on any atom is 0.0798 e. The lowest BCUT2D eigenvalue weighted by molar-refractivity contribution is 0.566. The largest absolute Gasteiger partial charge is 0.330 e. The van der Waals surface area contributed by atoms with Crippen LogP contribution in [0.4, 0.5) is 0 Å². The van der Waals surface area contributed by atoms with Gasteiger partial charge in [-0.05, 0) is 33.4 Å². The van der Waals surface area contributed by atoms with Gasteiger partial charge >= 0.3 is 0 Å². The summed E-state index contributed by atoms with van der Waals surface area (Å²) >= 11 is 1.71. The number of hydrogen-bond donors (Lipinski definition) is 2.